The van der Waals surface area contributed by atoms with E-state index in [2.05, 4.69) is 28.7 Å². The van der Waals surface area contributed by atoms with Crippen LogP contribution in [-0.2, 0) is 17.8 Å². The highest BCUT2D eigenvalue weighted by Gasteiger charge is 2.01. The van der Waals surface area contributed by atoms with Crippen LogP contribution in [0.1, 0.15) is 38.9 Å². The number of ether oxygens (including phenoxy) is 1. The summed E-state index contributed by atoms with van der Waals surface area (Å²) < 4.78 is 7.72. The van der Waals surface area contributed by atoms with Crippen LogP contribution < -0.4 is 5.32 Å². The van der Waals surface area contributed by atoms with Gasteiger partial charge in [0.15, 0.2) is 0 Å². The maximum atomic E-state index is 5.56. The van der Waals surface area contributed by atoms with Gasteiger partial charge in [0.25, 0.3) is 0 Å². The molecule has 0 aliphatic rings. The highest BCUT2D eigenvalue weighted by atomic mass is 16.5. The molecule has 4 nitrogen and oxygen atoms in total. The fourth-order valence-electron chi connectivity index (χ4n) is 1.60. The second kappa shape index (κ2) is 9.19. The number of imidazole rings is 1. The summed E-state index contributed by atoms with van der Waals surface area (Å²) in [4.78, 5) is 4.35. The van der Waals surface area contributed by atoms with Crippen LogP contribution in [0.15, 0.2) is 12.4 Å². The van der Waals surface area contributed by atoms with Gasteiger partial charge in [-0.1, -0.05) is 20.3 Å². The van der Waals surface area contributed by atoms with Crippen molar-refractivity contribution >= 4 is 0 Å². The molecule has 4 heteroatoms. The van der Waals surface area contributed by atoms with Gasteiger partial charge < -0.3 is 14.6 Å². The van der Waals surface area contributed by atoms with Gasteiger partial charge in [0.1, 0.15) is 5.82 Å². The Balaban J connectivity index is 2.20. The van der Waals surface area contributed by atoms with E-state index in [9.17, 15) is 0 Å². The van der Waals surface area contributed by atoms with Crippen molar-refractivity contribution < 1.29 is 4.74 Å². The summed E-state index contributed by atoms with van der Waals surface area (Å²) in [5, 5.41) is 3.36. The molecule has 0 fully saturated rings. The monoisotopic (exact) mass is 239 g/mol. The van der Waals surface area contributed by atoms with Crippen molar-refractivity contribution in [1.82, 2.24) is 14.9 Å². The van der Waals surface area contributed by atoms with Gasteiger partial charge in [-0.3, -0.25) is 0 Å². The Hall–Kier alpha value is -0.870. The van der Waals surface area contributed by atoms with Gasteiger partial charge in [-0.2, -0.15) is 0 Å². The first-order chi connectivity index (χ1) is 8.38. The molecule has 1 rings (SSSR count). The van der Waals surface area contributed by atoms with E-state index in [1.807, 2.05) is 12.4 Å². The molecular weight excluding hydrogens is 214 g/mol. The smallest absolute Gasteiger partial charge is 0.122 e. The van der Waals surface area contributed by atoms with Crippen molar-refractivity contribution in [3.8, 4) is 0 Å². The Bertz CT molecular complexity index is 286. The van der Waals surface area contributed by atoms with Gasteiger partial charge in [0.05, 0.1) is 13.2 Å². The molecule has 17 heavy (non-hydrogen) atoms. The molecule has 0 radical (unpaired) electrons. The summed E-state index contributed by atoms with van der Waals surface area (Å²) >= 11 is 0. The van der Waals surface area contributed by atoms with Gasteiger partial charge in [-0.15, -0.1) is 0 Å². The molecule has 1 N–H and O–H groups in total. The summed E-state index contributed by atoms with van der Waals surface area (Å²) in [7, 11) is 0. The summed E-state index contributed by atoms with van der Waals surface area (Å²) in [6.07, 6.45) is 7.37. The van der Waals surface area contributed by atoms with E-state index in [4.69, 9.17) is 4.74 Å². The molecule has 0 unspecified atom stereocenters. The Kier molecular flexibility index (Phi) is 7.67. The molecule has 1 aromatic heterocycles. The first kappa shape index (κ1) is 14.2. The quantitative estimate of drug-likeness (QED) is 0.636. The Labute approximate surface area is 104 Å². The molecule has 0 saturated carbocycles. The molecule has 0 aliphatic carbocycles. The Morgan fingerprint density at radius 2 is 2.18 bits per heavy atom. The number of hydrogen-bond acceptors (Lipinski definition) is 3. The maximum Gasteiger partial charge on any atom is 0.122 e. The predicted octanol–water partition coefficient (Wildman–Crippen LogP) is 2.20. The summed E-state index contributed by atoms with van der Waals surface area (Å²) in [6.45, 7) is 8.77. The summed E-state index contributed by atoms with van der Waals surface area (Å²) in [5.41, 5.74) is 0. The zero-order valence-corrected chi connectivity index (χ0v) is 11.1. The maximum absolute atomic E-state index is 5.56. The Morgan fingerprint density at radius 1 is 1.29 bits per heavy atom. The van der Waals surface area contributed by atoms with Crippen molar-refractivity contribution in [3.05, 3.63) is 18.2 Å². The van der Waals surface area contributed by atoms with E-state index in [0.717, 1.165) is 51.5 Å². The van der Waals surface area contributed by atoms with Crippen LogP contribution >= 0.6 is 0 Å². The number of aromatic nitrogens is 2. The standard InChI is InChI=1S/C13H25N3O/c1-3-5-10-17-11-9-16-8-7-15-13(16)12-14-6-4-2/h7-8,14H,3-6,9-12H2,1-2H3. The van der Waals surface area contributed by atoms with E-state index in [0.29, 0.717) is 0 Å². The third kappa shape index (κ3) is 5.84. The fourth-order valence-corrected chi connectivity index (χ4v) is 1.60. The molecule has 98 valence electrons. The second-order valence-corrected chi connectivity index (χ2v) is 4.18. The van der Waals surface area contributed by atoms with E-state index < -0.39 is 0 Å². The number of nitrogens with one attached hydrogen (secondary N) is 1. The van der Waals surface area contributed by atoms with Crippen LogP contribution in [0.2, 0.25) is 0 Å². The third-order valence-electron chi connectivity index (χ3n) is 2.63. The molecule has 0 aromatic carbocycles. The van der Waals surface area contributed by atoms with Gasteiger partial charge in [-0.05, 0) is 19.4 Å². The molecule has 1 heterocycles. The largest absolute Gasteiger partial charge is 0.380 e. The number of unbranched alkanes of at least 4 members (excludes halogenated alkanes) is 1. The van der Waals surface area contributed by atoms with Gasteiger partial charge in [-0.25, -0.2) is 4.98 Å². The number of nitrogens with zero attached hydrogens (tertiary/aromatic N) is 2. The third-order valence-corrected chi connectivity index (χ3v) is 2.63. The van der Waals surface area contributed by atoms with E-state index in [1.54, 1.807) is 0 Å². The van der Waals surface area contributed by atoms with E-state index in [1.165, 1.54) is 6.42 Å². The molecule has 0 aliphatic heterocycles. The van der Waals surface area contributed by atoms with Gasteiger partial charge >= 0.3 is 0 Å². The second-order valence-electron chi connectivity index (χ2n) is 4.18. The summed E-state index contributed by atoms with van der Waals surface area (Å²) in [6, 6.07) is 0. The lowest BCUT2D eigenvalue weighted by molar-refractivity contribution is 0.123. The normalized spacial score (nSPS) is 10.9. The average Bonchev–Trinajstić information content (AvgIpc) is 2.77. The lowest BCUT2D eigenvalue weighted by Gasteiger charge is -2.09. The molecular formula is C13H25N3O. The van der Waals surface area contributed by atoms with Gasteiger partial charge in [0.2, 0.25) is 0 Å². The van der Waals surface area contributed by atoms with Crippen molar-refractivity contribution in [3.63, 3.8) is 0 Å². The zero-order chi connectivity index (χ0) is 12.3. The lowest BCUT2D eigenvalue weighted by atomic mass is 10.4. The SMILES string of the molecule is CCCCOCCn1ccnc1CNCCC. The van der Waals surface area contributed by atoms with E-state index in [-0.39, 0.29) is 0 Å². The van der Waals surface area contributed by atoms with E-state index >= 15 is 0 Å². The number of hydrogen-bond donors (Lipinski definition) is 1. The first-order valence-electron chi connectivity index (χ1n) is 6.67. The van der Waals surface area contributed by atoms with Crippen molar-refractivity contribution in [2.45, 2.75) is 46.2 Å². The highest BCUT2D eigenvalue weighted by Crippen LogP contribution is 1.98. The van der Waals surface area contributed by atoms with Crippen molar-refractivity contribution in [2.24, 2.45) is 0 Å². The van der Waals surface area contributed by atoms with Crippen LogP contribution in [0.25, 0.3) is 0 Å². The molecule has 0 amide bonds. The Morgan fingerprint density at radius 3 is 2.94 bits per heavy atom. The fraction of sp³-hybridized carbons (Fsp3) is 0.769. The number of rotatable bonds is 10. The molecule has 1 aromatic rings. The predicted molar refractivity (Wildman–Crippen MR) is 70.0 cm³/mol. The highest BCUT2D eigenvalue weighted by molar-refractivity contribution is 4.91. The molecule has 0 bridgehead atoms. The summed E-state index contributed by atoms with van der Waals surface area (Å²) in [5.74, 6) is 1.09. The molecule has 0 saturated heterocycles. The van der Waals surface area contributed by atoms with Crippen LogP contribution in [-0.4, -0.2) is 29.3 Å². The zero-order valence-electron chi connectivity index (χ0n) is 11.1. The average molecular weight is 239 g/mol. The minimum atomic E-state index is 0.775. The van der Waals surface area contributed by atoms with Crippen molar-refractivity contribution in [2.75, 3.05) is 19.8 Å². The molecule has 0 spiro atoms. The topological polar surface area (TPSA) is 39.1 Å². The van der Waals surface area contributed by atoms with Gasteiger partial charge in [0, 0.05) is 25.5 Å². The van der Waals surface area contributed by atoms with Crippen LogP contribution in [0, 0.1) is 0 Å². The van der Waals surface area contributed by atoms with Crippen LogP contribution in [0.5, 0.6) is 0 Å². The minimum Gasteiger partial charge on any atom is -0.380 e. The minimum absolute atomic E-state index is 0.775. The lowest BCUT2D eigenvalue weighted by Crippen LogP contribution is -2.18. The van der Waals surface area contributed by atoms with Crippen molar-refractivity contribution in [1.29, 1.82) is 0 Å². The first-order valence-corrected chi connectivity index (χ1v) is 6.67. The van der Waals surface area contributed by atoms with Crippen LogP contribution in [0.3, 0.4) is 0 Å². The molecule has 0 atom stereocenters. The van der Waals surface area contributed by atoms with Crippen LogP contribution in [0.4, 0.5) is 0 Å².